The molecular weight excluding hydrogens is 408 g/mol. The maximum Gasteiger partial charge on any atom is 0.255 e. The molecule has 2 saturated heterocycles. The Morgan fingerprint density at radius 3 is 2.41 bits per heavy atom. The average Bonchev–Trinajstić information content (AvgIpc) is 3.15. The van der Waals surface area contributed by atoms with Crippen molar-refractivity contribution in [1.29, 1.82) is 0 Å². The zero-order chi connectivity index (χ0) is 22.2. The molecule has 4 aliphatic rings. The lowest BCUT2D eigenvalue weighted by atomic mass is 9.88. The van der Waals surface area contributed by atoms with Crippen LogP contribution >= 0.6 is 0 Å². The zero-order valence-electron chi connectivity index (χ0n) is 18.3. The summed E-state index contributed by atoms with van der Waals surface area (Å²) < 4.78 is 0. The maximum absolute atomic E-state index is 12.9. The Balaban J connectivity index is 1.22. The second-order valence-electron chi connectivity index (χ2n) is 9.39. The molecule has 1 N–H and O–H groups in total. The van der Waals surface area contributed by atoms with Gasteiger partial charge in [-0.15, -0.1) is 0 Å². The largest absolute Gasteiger partial charge is 0.368 e. The second-order valence-corrected chi connectivity index (χ2v) is 9.39. The summed E-state index contributed by atoms with van der Waals surface area (Å²) in [5, 5.41) is 2.34. The Hall–Kier alpha value is -2.90. The van der Waals surface area contributed by atoms with Crippen LogP contribution in [0.1, 0.15) is 60.9 Å². The molecular formula is C24H30N4O4. The van der Waals surface area contributed by atoms with Crippen molar-refractivity contribution in [2.45, 2.75) is 57.5 Å². The predicted molar refractivity (Wildman–Crippen MR) is 118 cm³/mol. The first-order valence-corrected chi connectivity index (χ1v) is 11.8. The molecule has 0 bridgehead atoms. The van der Waals surface area contributed by atoms with Crippen molar-refractivity contribution in [3.8, 4) is 0 Å². The third-order valence-electron chi connectivity index (χ3n) is 7.42. The molecule has 1 aromatic rings. The van der Waals surface area contributed by atoms with E-state index in [1.165, 1.54) is 19.3 Å². The summed E-state index contributed by atoms with van der Waals surface area (Å²) in [6.07, 6.45) is 6.27. The van der Waals surface area contributed by atoms with Gasteiger partial charge in [-0.3, -0.25) is 24.5 Å². The first kappa shape index (κ1) is 21.0. The minimum Gasteiger partial charge on any atom is -0.368 e. The lowest BCUT2D eigenvalue weighted by Crippen LogP contribution is -2.52. The van der Waals surface area contributed by atoms with Crippen LogP contribution in [0.3, 0.4) is 0 Å². The fourth-order valence-electron chi connectivity index (χ4n) is 5.55. The summed E-state index contributed by atoms with van der Waals surface area (Å²) in [6, 6.07) is 5.25. The Morgan fingerprint density at radius 1 is 0.938 bits per heavy atom. The van der Waals surface area contributed by atoms with Crippen LogP contribution in [0.25, 0.3) is 0 Å². The van der Waals surface area contributed by atoms with E-state index in [2.05, 4.69) is 10.2 Å². The van der Waals surface area contributed by atoms with Crippen LogP contribution in [0.5, 0.6) is 0 Å². The van der Waals surface area contributed by atoms with E-state index in [9.17, 15) is 19.2 Å². The quantitative estimate of drug-likeness (QED) is 0.726. The number of nitrogens with zero attached hydrogens (tertiary/aromatic N) is 3. The van der Waals surface area contributed by atoms with Crippen LogP contribution in [0, 0.1) is 5.92 Å². The van der Waals surface area contributed by atoms with Gasteiger partial charge in [0.05, 0.1) is 0 Å². The number of imide groups is 1. The summed E-state index contributed by atoms with van der Waals surface area (Å²) >= 11 is 0. The summed E-state index contributed by atoms with van der Waals surface area (Å²) in [6.45, 7) is 3.40. The van der Waals surface area contributed by atoms with Gasteiger partial charge < -0.3 is 14.7 Å². The number of benzene rings is 1. The standard InChI is InChI=1S/C24H30N4O4/c29-21-9-8-20(22(30)25-21)28-15-17-14-18(6-7-19(17)24(28)32)26-10-12-27(13-11-26)23(31)16-4-2-1-3-5-16/h6-7,14,16,20H,1-5,8-13,15H2,(H,25,29,30)/t20-/m0/s1. The van der Waals surface area contributed by atoms with E-state index in [1.807, 2.05) is 23.1 Å². The monoisotopic (exact) mass is 438 g/mol. The summed E-state index contributed by atoms with van der Waals surface area (Å²) in [7, 11) is 0. The normalized spacial score (nSPS) is 24.6. The van der Waals surface area contributed by atoms with E-state index < -0.39 is 6.04 Å². The molecule has 1 saturated carbocycles. The van der Waals surface area contributed by atoms with E-state index in [0.717, 1.165) is 50.3 Å². The third-order valence-corrected chi connectivity index (χ3v) is 7.42. The minimum atomic E-state index is -0.592. The van der Waals surface area contributed by atoms with E-state index in [1.54, 1.807) is 4.90 Å². The van der Waals surface area contributed by atoms with Crippen molar-refractivity contribution in [2.24, 2.45) is 5.92 Å². The maximum atomic E-state index is 12.9. The molecule has 0 unspecified atom stereocenters. The smallest absolute Gasteiger partial charge is 0.255 e. The molecule has 8 heteroatoms. The van der Waals surface area contributed by atoms with Gasteiger partial charge in [0.2, 0.25) is 17.7 Å². The van der Waals surface area contributed by atoms with Crippen molar-refractivity contribution in [3.63, 3.8) is 0 Å². The van der Waals surface area contributed by atoms with Crippen LogP contribution in [0.4, 0.5) is 5.69 Å². The van der Waals surface area contributed by atoms with Gasteiger partial charge in [0.25, 0.3) is 5.91 Å². The molecule has 1 atom stereocenters. The lowest BCUT2D eigenvalue weighted by Gasteiger charge is -2.38. The number of anilines is 1. The summed E-state index contributed by atoms with van der Waals surface area (Å²) in [4.78, 5) is 55.3. The topological polar surface area (TPSA) is 90.0 Å². The Labute approximate surface area is 187 Å². The van der Waals surface area contributed by atoms with E-state index in [4.69, 9.17) is 0 Å². The van der Waals surface area contributed by atoms with Crippen molar-refractivity contribution in [1.82, 2.24) is 15.1 Å². The molecule has 3 heterocycles. The number of amides is 4. The highest BCUT2D eigenvalue weighted by molar-refractivity contribution is 6.05. The fourth-order valence-corrected chi connectivity index (χ4v) is 5.55. The van der Waals surface area contributed by atoms with Gasteiger partial charge in [-0.25, -0.2) is 0 Å². The molecule has 0 aromatic heterocycles. The van der Waals surface area contributed by atoms with Gasteiger partial charge in [-0.2, -0.15) is 0 Å². The molecule has 8 nitrogen and oxygen atoms in total. The third kappa shape index (κ3) is 3.87. The van der Waals surface area contributed by atoms with Crippen molar-refractivity contribution in [3.05, 3.63) is 29.3 Å². The van der Waals surface area contributed by atoms with Crippen molar-refractivity contribution >= 4 is 29.3 Å². The number of piperidine rings is 1. The summed E-state index contributed by atoms with van der Waals surface area (Å²) in [5.41, 5.74) is 2.59. The van der Waals surface area contributed by atoms with Gasteiger partial charge in [0.15, 0.2) is 0 Å². The molecule has 0 spiro atoms. The van der Waals surface area contributed by atoms with Crippen LogP contribution in [0.15, 0.2) is 18.2 Å². The number of nitrogens with one attached hydrogen (secondary N) is 1. The molecule has 170 valence electrons. The number of rotatable bonds is 3. The van der Waals surface area contributed by atoms with E-state index in [0.29, 0.717) is 24.4 Å². The first-order valence-electron chi connectivity index (χ1n) is 11.8. The minimum absolute atomic E-state index is 0.149. The Kier molecular flexibility index (Phi) is 5.61. The SMILES string of the molecule is O=C1CC[C@H](N2Cc3cc(N4CCN(C(=O)C5CCCCC5)CC4)ccc3C2=O)C(=O)N1. The molecule has 3 aliphatic heterocycles. The number of hydrogen-bond donors (Lipinski definition) is 1. The van der Waals surface area contributed by atoms with Crippen LogP contribution < -0.4 is 10.2 Å². The molecule has 1 aromatic carbocycles. The summed E-state index contributed by atoms with van der Waals surface area (Å²) in [5.74, 6) is -0.285. The molecule has 5 rings (SSSR count). The highest BCUT2D eigenvalue weighted by Gasteiger charge is 2.39. The second kappa shape index (κ2) is 8.56. The molecule has 0 radical (unpaired) electrons. The average molecular weight is 439 g/mol. The lowest BCUT2D eigenvalue weighted by molar-refractivity contribution is -0.138. The van der Waals surface area contributed by atoms with Crippen molar-refractivity contribution in [2.75, 3.05) is 31.1 Å². The van der Waals surface area contributed by atoms with Gasteiger partial charge in [0, 0.05) is 56.3 Å². The number of piperazine rings is 1. The van der Waals surface area contributed by atoms with Crippen LogP contribution in [-0.4, -0.2) is 65.6 Å². The first-order chi connectivity index (χ1) is 15.5. The number of carbonyl (C=O) groups is 4. The predicted octanol–water partition coefficient (Wildman–Crippen LogP) is 1.68. The number of hydrogen-bond acceptors (Lipinski definition) is 5. The molecule has 4 amide bonds. The highest BCUT2D eigenvalue weighted by Crippen LogP contribution is 2.31. The highest BCUT2D eigenvalue weighted by atomic mass is 16.2. The van der Waals surface area contributed by atoms with Gasteiger partial charge >= 0.3 is 0 Å². The zero-order valence-corrected chi connectivity index (χ0v) is 18.3. The van der Waals surface area contributed by atoms with Gasteiger partial charge in [0.1, 0.15) is 6.04 Å². The number of carbonyl (C=O) groups excluding carboxylic acids is 4. The van der Waals surface area contributed by atoms with Crippen LogP contribution in [-0.2, 0) is 20.9 Å². The van der Waals surface area contributed by atoms with E-state index in [-0.39, 0.29) is 30.1 Å². The fraction of sp³-hybridized carbons (Fsp3) is 0.583. The number of fused-ring (bicyclic) bond motifs is 1. The molecule has 3 fully saturated rings. The molecule has 1 aliphatic carbocycles. The van der Waals surface area contributed by atoms with Gasteiger partial charge in [-0.05, 0) is 43.0 Å². The van der Waals surface area contributed by atoms with Crippen LogP contribution in [0.2, 0.25) is 0 Å². The Morgan fingerprint density at radius 2 is 1.69 bits per heavy atom. The molecule has 32 heavy (non-hydrogen) atoms. The Bertz CT molecular complexity index is 947. The van der Waals surface area contributed by atoms with E-state index >= 15 is 0 Å². The van der Waals surface area contributed by atoms with Gasteiger partial charge in [-0.1, -0.05) is 19.3 Å². The van der Waals surface area contributed by atoms with Crippen molar-refractivity contribution < 1.29 is 19.2 Å².